The van der Waals surface area contributed by atoms with Gasteiger partial charge in [0.05, 0.1) is 24.8 Å². The Morgan fingerprint density at radius 2 is 1.96 bits per heavy atom. The van der Waals surface area contributed by atoms with Gasteiger partial charge in [0.1, 0.15) is 5.75 Å². The fourth-order valence-electron chi connectivity index (χ4n) is 2.41. The van der Waals surface area contributed by atoms with Crippen LogP contribution in [0.25, 0.3) is 0 Å². The van der Waals surface area contributed by atoms with E-state index in [-0.39, 0.29) is 5.91 Å². The van der Waals surface area contributed by atoms with Crippen molar-refractivity contribution in [2.24, 2.45) is 0 Å². The molecule has 0 radical (unpaired) electrons. The Bertz CT molecular complexity index is 721. The van der Waals surface area contributed by atoms with Crippen molar-refractivity contribution in [1.29, 1.82) is 0 Å². The Balaban J connectivity index is 2.12. The summed E-state index contributed by atoms with van der Waals surface area (Å²) in [6.07, 6.45) is -0.823. The van der Waals surface area contributed by atoms with Gasteiger partial charge in [-0.05, 0) is 48.6 Å². The van der Waals surface area contributed by atoms with E-state index in [0.29, 0.717) is 21.9 Å². The quantitative estimate of drug-likeness (QED) is 0.703. The molecule has 0 bridgehead atoms. The topological polar surface area (TPSA) is 58.6 Å². The average Bonchev–Trinajstić information content (AvgIpc) is 2.62. The highest BCUT2D eigenvalue weighted by Crippen LogP contribution is 2.26. The van der Waals surface area contributed by atoms with Crippen LogP contribution in [0.3, 0.4) is 0 Å². The summed E-state index contributed by atoms with van der Waals surface area (Å²) < 4.78 is 5.11. The van der Waals surface area contributed by atoms with Crippen molar-refractivity contribution in [2.75, 3.05) is 12.9 Å². The molecular weight excluding hydrogens is 358 g/mol. The van der Waals surface area contributed by atoms with Crippen LogP contribution in [0.4, 0.5) is 0 Å². The number of amides is 1. The van der Waals surface area contributed by atoms with Crippen LogP contribution in [0.1, 0.15) is 35.9 Å². The standard InChI is InChI=1S/C19H22ClNO3S/c1-4-25-17-10-7-14(20)11-16(17)19(23)21-12(2)18(22)13-5-8-15(24-3)9-6-13/h5-12,18,22H,4H2,1-3H3,(H,21,23)/t12-,18+/m0/s1. The Hall–Kier alpha value is -1.69. The van der Waals surface area contributed by atoms with Crippen LogP contribution >= 0.6 is 23.4 Å². The Morgan fingerprint density at radius 1 is 1.28 bits per heavy atom. The highest BCUT2D eigenvalue weighted by atomic mass is 35.5. The van der Waals surface area contributed by atoms with Gasteiger partial charge in [0.2, 0.25) is 0 Å². The maximum absolute atomic E-state index is 12.6. The minimum atomic E-state index is -0.823. The molecular formula is C19H22ClNO3S. The van der Waals surface area contributed by atoms with E-state index in [1.807, 2.05) is 13.0 Å². The minimum absolute atomic E-state index is 0.251. The van der Waals surface area contributed by atoms with Gasteiger partial charge in [0.25, 0.3) is 5.91 Å². The van der Waals surface area contributed by atoms with Crippen molar-refractivity contribution >= 4 is 29.3 Å². The van der Waals surface area contributed by atoms with Crippen molar-refractivity contribution in [2.45, 2.75) is 30.9 Å². The van der Waals surface area contributed by atoms with Gasteiger partial charge in [-0.25, -0.2) is 0 Å². The number of nitrogens with one attached hydrogen (secondary N) is 1. The van der Waals surface area contributed by atoms with E-state index in [2.05, 4.69) is 5.32 Å². The highest BCUT2D eigenvalue weighted by molar-refractivity contribution is 7.99. The number of carbonyl (C=O) groups is 1. The second-order valence-electron chi connectivity index (χ2n) is 5.55. The van der Waals surface area contributed by atoms with E-state index in [4.69, 9.17) is 16.3 Å². The zero-order chi connectivity index (χ0) is 18.4. The molecule has 2 aromatic carbocycles. The summed E-state index contributed by atoms with van der Waals surface area (Å²) >= 11 is 7.61. The minimum Gasteiger partial charge on any atom is -0.497 e. The number of hydrogen-bond donors (Lipinski definition) is 2. The number of methoxy groups -OCH3 is 1. The molecule has 134 valence electrons. The molecule has 0 aliphatic carbocycles. The molecule has 6 heteroatoms. The molecule has 0 spiro atoms. The van der Waals surface area contributed by atoms with E-state index < -0.39 is 12.1 Å². The molecule has 2 N–H and O–H groups in total. The molecule has 25 heavy (non-hydrogen) atoms. The van der Waals surface area contributed by atoms with Crippen molar-refractivity contribution < 1.29 is 14.6 Å². The molecule has 4 nitrogen and oxygen atoms in total. The van der Waals surface area contributed by atoms with Crippen LogP contribution in [0, 0.1) is 0 Å². The normalized spacial score (nSPS) is 13.2. The molecule has 0 fully saturated rings. The van der Waals surface area contributed by atoms with Crippen LogP contribution in [-0.2, 0) is 0 Å². The maximum Gasteiger partial charge on any atom is 0.252 e. The molecule has 2 rings (SSSR count). The molecule has 0 saturated carbocycles. The number of thioether (sulfide) groups is 1. The fourth-order valence-corrected chi connectivity index (χ4v) is 3.37. The number of rotatable bonds is 7. The molecule has 0 unspecified atom stereocenters. The lowest BCUT2D eigenvalue weighted by molar-refractivity contribution is 0.0849. The number of carbonyl (C=O) groups excluding carboxylic acids is 1. The van der Waals surface area contributed by atoms with Crippen LogP contribution < -0.4 is 10.1 Å². The van der Waals surface area contributed by atoms with E-state index in [1.165, 1.54) is 0 Å². The van der Waals surface area contributed by atoms with Crippen molar-refractivity contribution in [3.05, 3.63) is 58.6 Å². The fraction of sp³-hybridized carbons (Fsp3) is 0.316. The van der Waals surface area contributed by atoms with Crippen LogP contribution in [0.5, 0.6) is 5.75 Å². The predicted octanol–water partition coefficient (Wildman–Crippen LogP) is 4.31. The Labute approximate surface area is 157 Å². The molecule has 2 aromatic rings. The van der Waals surface area contributed by atoms with E-state index in [1.54, 1.807) is 62.2 Å². The van der Waals surface area contributed by atoms with Gasteiger partial charge < -0.3 is 15.2 Å². The Morgan fingerprint density at radius 3 is 2.56 bits per heavy atom. The molecule has 0 saturated heterocycles. The number of benzene rings is 2. The van der Waals surface area contributed by atoms with Gasteiger partial charge in [-0.3, -0.25) is 4.79 Å². The molecule has 0 aliphatic rings. The van der Waals surface area contributed by atoms with Crippen LogP contribution in [0.15, 0.2) is 47.4 Å². The third-order valence-corrected chi connectivity index (χ3v) is 4.97. The van der Waals surface area contributed by atoms with E-state index in [9.17, 15) is 9.90 Å². The second-order valence-corrected chi connectivity index (χ2v) is 7.30. The van der Waals surface area contributed by atoms with Crippen molar-refractivity contribution in [3.63, 3.8) is 0 Å². The molecule has 0 heterocycles. The Kier molecular flexibility index (Phi) is 7.17. The highest BCUT2D eigenvalue weighted by Gasteiger charge is 2.21. The summed E-state index contributed by atoms with van der Waals surface area (Å²) in [4.78, 5) is 13.5. The lowest BCUT2D eigenvalue weighted by Gasteiger charge is -2.21. The largest absolute Gasteiger partial charge is 0.497 e. The van der Waals surface area contributed by atoms with Crippen LogP contribution in [0.2, 0.25) is 5.02 Å². The van der Waals surface area contributed by atoms with Crippen LogP contribution in [-0.4, -0.2) is 29.9 Å². The predicted molar refractivity (Wildman–Crippen MR) is 103 cm³/mol. The summed E-state index contributed by atoms with van der Waals surface area (Å²) in [6.45, 7) is 3.79. The zero-order valence-electron chi connectivity index (χ0n) is 14.5. The number of aliphatic hydroxyl groups is 1. The van der Waals surface area contributed by atoms with Gasteiger partial charge in [-0.15, -0.1) is 11.8 Å². The molecule has 2 atom stereocenters. The second kappa shape index (κ2) is 9.13. The number of aliphatic hydroxyl groups excluding tert-OH is 1. The SMILES string of the molecule is CCSc1ccc(Cl)cc1C(=O)N[C@@H](C)[C@@H](O)c1ccc(OC)cc1. The maximum atomic E-state index is 12.6. The van der Waals surface area contributed by atoms with Gasteiger partial charge in [0, 0.05) is 9.92 Å². The van der Waals surface area contributed by atoms with Gasteiger partial charge in [-0.1, -0.05) is 30.7 Å². The monoisotopic (exact) mass is 379 g/mol. The number of ether oxygens (including phenoxy) is 1. The summed E-state index contributed by atoms with van der Waals surface area (Å²) in [6, 6.07) is 11.9. The lowest BCUT2D eigenvalue weighted by atomic mass is 10.0. The number of hydrogen-bond acceptors (Lipinski definition) is 4. The van der Waals surface area contributed by atoms with Crippen molar-refractivity contribution in [1.82, 2.24) is 5.32 Å². The van der Waals surface area contributed by atoms with E-state index >= 15 is 0 Å². The summed E-state index contributed by atoms with van der Waals surface area (Å²) in [5.74, 6) is 1.32. The first-order chi connectivity index (χ1) is 12.0. The third-order valence-electron chi connectivity index (χ3n) is 3.78. The van der Waals surface area contributed by atoms with Gasteiger partial charge in [0.15, 0.2) is 0 Å². The summed E-state index contributed by atoms with van der Waals surface area (Å²) in [5.41, 5.74) is 1.23. The van der Waals surface area contributed by atoms with Crippen molar-refractivity contribution in [3.8, 4) is 5.75 Å². The first kappa shape index (κ1) is 19.6. The van der Waals surface area contributed by atoms with E-state index in [0.717, 1.165) is 10.6 Å². The molecule has 0 aromatic heterocycles. The molecule has 0 aliphatic heterocycles. The smallest absolute Gasteiger partial charge is 0.252 e. The summed E-state index contributed by atoms with van der Waals surface area (Å²) in [5, 5.41) is 13.9. The third kappa shape index (κ3) is 5.14. The van der Waals surface area contributed by atoms with Gasteiger partial charge >= 0.3 is 0 Å². The lowest BCUT2D eigenvalue weighted by Crippen LogP contribution is -2.37. The molecule has 1 amide bonds. The number of halogens is 1. The summed E-state index contributed by atoms with van der Waals surface area (Å²) in [7, 11) is 1.59. The first-order valence-corrected chi connectivity index (χ1v) is 9.37. The average molecular weight is 380 g/mol. The zero-order valence-corrected chi connectivity index (χ0v) is 16.0. The van der Waals surface area contributed by atoms with Gasteiger partial charge in [-0.2, -0.15) is 0 Å². The first-order valence-electron chi connectivity index (χ1n) is 8.01.